The van der Waals surface area contributed by atoms with Gasteiger partial charge in [-0.25, -0.2) is 15.0 Å². The molecule has 1 unspecified atom stereocenters. The Morgan fingerprint density at radius 3 is 2.50 bits per heavy atom. The van der Waals surface area contributed by atoms with Gasteiger partial charge in [-0.05, 0) is 80.5 Å². The summed E-state index contributed by atoms with van der Waals surface area (Å²) in [6.45, 7) is 7.66. The Morgan fingerprint density at radius 1 is 0.870 bits per heavy atom. The minimum absolute atomic E-state index is 0.199. The number of imide groups is 1. The van der Waals surface area contributed by atoms with Crippen molar-refractivity contribution in [2.75, 3.05) is 60.2 Å². The molecule has 4 N–H and O–H groups in total. The third-order valence-electron chi connectivity index (χ3n) is 11.4. The number of aromatic nitrogens is 5. The molecule has 1 atom stereocenters. The number of nitrogens with zero attached hydrogens (tertiary/aromatic N) is 7. The summed E-state index contributed by atoms with van der Waals surface area (Å²) in [6.07, 6.45) is 13.0. The predicted molar refractivity (Wildman–Crippen MR) is 208 cm³/mol. The molecule has 7 heterocycles. The van der Waals surface area contributed by atoms with Crippen molar-refractivity contribution < 1.29 is 14.3 Å². The number of ether oxygens (including phenoxy) is 1. The molecule has 5 aromatic rings. The van der Waals surface area contributed by atoms with Crippen molar-refractivity contribution in [1.82, 2.24) is 34.9 Å². The van der Waals surface area contributed by atoms with E-state index in [9.17, 15) is 9.59 Å². The van der Waals surface area contributed by atoms with Gasteiger partial charge in [-0.3, -0.25) is 19.6 Å². The number of nitrogens with one attached hydrogen (secondary N) is 4. The van der Waals surface area contributed by atoms with E-state index in [-0.39, 0.29) is 17.9 Å². The van der Waals surface area contributed by atoms with E-state index in [1.54, 1.807) is 0 Å². The molecule has 9 rings (SSSR count). The van der Waals surface area contributed by atoms with Crippen molar-refractivity contribution in [2.45, 2.75) is 63.6 Å². The van der Waals surface area contributed by atoms with Crippen LogP contribution in [0, 0.1) is 6.92 Å². The van der Waals surface area contributed by atoms with Gasteiger partial charge in [0, 0.05) is 86.1 Å². The Labute approximate surface area is 313 Å². The summed E-state index contributed by atoms with van der Waals surface area (Å²) in [5.74, 6) is 0.745. The lowest BCUT2D eigenvalue weighted by Gasteiger charge is -2.42. The monoisotopic (exact) mass is 727 g/mol. The van der Waals surface area contributed by atoms with Crippen LogP contribution in [0.4, 0.5) is 28.7 Å². The number of likely N-dealkylation sites (tertiary alicyclic amines) is 1. The van der Waals surface area contributed by atoms with E-state index in [0.29, 0.717) is 43.4 Å². The minimum Gasteiger partial charge on any atom is -0.474 e. The molecule has 3 aromatic heterocycles. The van der Waals surface area contributed by atoms with Gasteiger partial charge in [0.05, 0.1) is 23.4 Å². The normalized spacial score (nSPS) is 19.9. The lowest BCUT2D eigenvalue weighted by atomic mass is 9.97. The summed E-state index contributed by atoms with van der Waals surface area (Å²) in [7, 11) is 0. The predicted octanol–water partition coefficient (Wildman–Crippen LogP) is 5.27. The van der Waals surface area contributed by atoms with Gasteiger partial charge in [0.25, 0.3) is 0 Å². The fourth-order valence-corrected chi connectivity index (χ4v) is 8.30. The third kappa shape index (κ3) is 7.00. The van der Waals surface area contributed by atoms with E-state index < -0.39 is 0 Å². The molecule has 278 valence electrons. The third-order valence-corrected chi connectivity index (χ3v) is 11.4. The Hall–Kier alpha value is -5.76. The zero-order chi connectivity index (χ0) is 36.6. The first-order valence-corrected chi connectivity index (χ1v) is 19.1. The first-order valence-electron chi connectivity index (χ1n) is 19.1. The average molecular weight is 728 g/mol. The molecule has 14 heteroatoms. The number of hydrogen-bond donors (Lipinski definition) is 4. The molecule has 0 bridgehead atoms. The molecule has 0 aliphatic carbocycles. The van der Waals surface area contributed by atoms with Crippen molar-refractivity contribution >= 4 is 51.4 Å². The van der Waals surface area contributed by atoms with Gasteiger partial charge >= 0.3 is 0 Å². The number of hydrogen-bond acceptors (Lipinski definition) is 12. The minimum atomic E-state index is -0.371. The van der Waals surface area contributed by atoms with Gasteiger partial charge in [-0.15, -0.1) is 0 Å². The fraction of sp³-hybridized carbons (Fsp3) is 0.400. The van der Waals surface area contributed by atoms with Crippen molar-refractivity contribution in [2.24, 2.45) is 0 Å². The summed E-state index contributed by atoms with van der Waals surface area (Å²) in [6, 6.07) is 15.1. The number of carbonyl (C=O) groups is 2. The Balaban J connectivity index is 0.767. The SMILES string of the molecule is Cc1c(-c2ccc3cnc(Nc4cnn(C5CCN(C6CCN(c7ccc(NC8CCC(=O)NC8=O)cc7)CC6)CC5)c4)nc3c2)cnc2c1NCCO2. The van der Waals surface area contributed by atoms with Crippen LogP contribution >= 0.6 is 0 Å². The largest absolute Gasteiger partial charge is 0.474 e. The highest BCUT2D eigenvalue weighted by Gasteiger charge is 2.30. The molecule has 54 heavy (non-hydrogen) atoms. The number of carbonyl (C=O) groups excluding carboxylic acids is 2. The molecule has 2 aromatic carbocycles. The number of piperidine rings is 3. The van der Waals surface area contributed by atoms with Gasteiger partial charge in [-0.1, -0.05) is 12.1 Å². The van der Waals surface area contributed by atoms with Crippen LogP contribution in [0.5, 0.6) is 5.88 Å². The van der Waals surface area contributed by atoms with Crippen LogP contribution in [0.1, 0.15) is 50.1 Å². The molecule has 0 radical (unpaired) electrons. The highest BCUT2D eigenvalue weighted by molar-refractivity contribution is 6.01. The van der Waals surface area contributed by atoms with Gasteiger partial charge in [0.15, 0.2) is 0 Å². The van der Waals surface area contributed by atoms with Crippen LogP contribution in [0.3, 0.4) is 0 Å². The Morgan fingerprint density at radius 2 is 1.69 bits per heavy atom. The van der Waals surface area contributed by atoms with Crippen molar-refractivity contribution in [3.63, 3.8) is 0 Å². The number of anilines is 5. The highest BCUT2D eigenvalue weighted by atomic mass is 16.5. The Bertz CT molecular complexity index is 2170. The molecule has 0 saturated carbocycles. The molecule has 3 fully saturated rings. The zero-order valence-electron chi connectivity index (χ0n) is 30.4. The molecule has 0 spiro atoms. The quantitative estimate of drug-likeness (QED) is 0.154. The summed E-state index contributed by atoms with van der Waals surface area (Å²) in [5, 5.41) is 18.2. The van der Waals surface area contributed by atoms with Gasteiger partial charge < -0.3 is 30.5 Å². The molecular formula is C40H45N11O3. The summed E-state index contributed by atoms with van der Waals surface area (Å²) in [4.78, 5) is 42.7. The second kappa shape index (κ2) is 14.6. The van der Waals surface area contributed by atoms with Gasteiger partial charge in [0.1, 0.15) is 18.3 Å². The number of pyridine rings is 1. The first-order chi connectivity index (χ1) is 26.4. The zero-order valence-corrected chi connectivity index (χ0v) is 30.4. The van der Waals surface area contributed by atoms with E-state index >= 15 is 0 Å². The average Bonchev–Trinajstić information content (AvgIpc) is 3.68. The van der Waals surface area contributed by atoms with Crippen LogP contribution in [0.2, 0.25) is 0 Å². The van der Waals surface area contributed by atoms with Crippen LogP contribution in [-0.2, 0) is 9.59 Å². The number of benzene rings is 2. The number of rotatable bonds is 8. The maximum absolute atomic E-state index is 12.1. The van der Waals surface area contributed by atoms with Crippen LogP contribution < -0.4 is 30.9 Å². The molecule has 4 aliphatic heterocycles. The van der Waals surface area contributed by atoms with E-state index in [2.05, 4.69) is 89.2 Å². The van der Waals surface area contributed by atoms with E-state index in [4.69, 9.17) is 14.8 Å². The Kier molecular flexibility index (Phi) is 9.19. The molecule has 2 amide bonds. The molecule has 3 saturated heterocycles. The summed E-state index contributed by atoms with van der Waals surface area (Å²) < 4.78 is 7.82. The summed E-state index contributed by atoms with van der Waals surface area (Å²) >= 11 is 0. The van der Waals surface area contributed by atoms with E-state index in [1.165, 1.54) is 5.69 Å². The van der Waals surface area contributed by atoms with Crippen LogP contribution in [-0.4, -0.2) is 92.9 Å². The van der Waals surface area contributed by atoms with Crippen molar-refractivity contribution in [3.8, 4) is 17.0 Å². The lowest BCUT2D eigenvalue weighted by molar-refractivity contribution is -0.133. The second-order valence-electron chi connectivity index (χ2n) is 14.7. The first kappa shape index (κ1) is 34.0. The van der Waals surface area contributed by atoms with E-state index in [1.807, 2.05) is 30.7 Å². The van der Waals surface area contributed by atoms with Gasteiger partial charge in [0.2, 0.25) is 23.6 Å². The van der Waals surface area contributed by atoms with Crippen molar-refractivity contribution in [3.05, 3.63) is 72.8 Å². The lowest BCUT2D eigenvalue weighted by Crippen LogP contribution is -2.48. The standard InChI is InChI=1S/C40H45N11O3/c1-25-33(23-42-39-37(25)41-14-19-54-39)26-2-3-27-21-43-40(47-35(27)20-26)46-29-22-44-51(24-29)32-12-17-50(18-13-32)31-10-15-49(16-11-31)30-6-4-28(5-7-30)45-34-8-9-36(52)48-38(34)53/h2-7,20-24,31-32,34,41,45H,8-19H2,1H3,(H,43,46,47)(H,48,52,53). The maximum Gasteiger partial charge on any atom is 0.249 e. The van der Waals surface area contributed by atoms with Crippen LogP contribution in [0.15, 0.2) is 67.3 Å². The molecule has 14 nitrogen and oxygen atoms in total. The highest BCUT2D eigenvalue weighted by Crippen LogP contribution is 2.36. The van der Waals surface area contributed by atoms with Gasteiger partial charge in [-0.2, -0.15) is 5.10 Å². The second-order valence-corrected chi connectivity index (χ2v) is 14.7. The topological polar surface area (TPSA) is 154 Å². The maximum atomic E-state index is 12.1. The van der Waals surface area contributed by atoms with Crippen LogP contribution in [0.25, 0.3) is 22.0 Å². The summed E-state index contributed by atoms with van der Waals surface area (Å²) in [5.41, 5.74) is 7.98. The smallest absolute Gasteiger partial charge is 0.249 e. The fourth-order valence-electron chi connectivity index (χ4n) is 8.30. The number of amides is 2. The van der Waals surface area contributed by atoms with E-state index in [0.717, 1.165) is 103 Å². The molecule has 4 aliphatic rings. The molecular weight excluding hydrogens is 683 g/mol. The van der Waals surface area contributed by atoms with Crippen molar-refractivity contribution in [1.29, 1.82) is 0 Å². The number of fused-ring (bicyclic) bond motifs is 2.